The zero-order valence-corrected chi connectivity index (χ0v) is 23.0. The Labute approximate surface area is 229 Å². The van der Waals surface area contributed by atoms with Crippen LogP contribution in [-0.4, -0.2) is 53.4 Å². The normalized spacial score (nSPS) is 25.3. The van der Waals surface area contributed by atoms with Crippen LogP contribution in [0.3, 0.4) is 0 Å². The van der Waals surface area contributed by atoms with E-state index in [1.54, 1.807) is 6.92 Å². The monoisotopic (exact) mass is 534 g/mol. The van der Waals surface area contributed by atoms with Gasteiger partial charge in [0.2, 0.25) is 11.8 Å². The highest BCUT2D eigenvalue weighted by Gasteiger charge is 2.33. The standard InChI is InChI=1S/C30H38N4O5/c1-18(2)27-28(36)31-19(3)29(37)34-16-6-9-25(33-34)30(38)39-20(4)23-7-5-8-24(17-23)22-13-10-21(11-14-22)12-15-26(35)32-27/h5,7-8,10-11,13-14,17-20,25,27,33H,6,9,12,15-16H2,1-4H3,(H,31,36)(H,32,35). The molecule has 3 aliphatic rings. The molecule has 5 rings (SSSR count). The van der Waals surface area contributed by atoms with E-state index < -0.39 is 36.1 Å². The number of nitrogens with zero attached hydrogens (tertiary/aromatic N) is 1. The van der Waals surface area contributed by atoms with Crippen LogP contribution < -0.4 is 16.1 Å². The van der Waals surface area contributed by atoms with Gasteiger partial charge in [-0.05, 0) is 67.3 Å². The maximum atomic E-state index is 13.1. The van der Waals surface area contributed by atoms with Gasteiger partial charge in [-0.2, -0.15) is 0 Å². The lowest BCUT2D eigenvalue weighted by Gasteiger charge is -2.35. The van der Waals surface area contributed by atoms with E-state index in [0.29, 0.717) is 25.8 Å². The summed E-state index contributed by atoms with van der Waals surface area (Å²) in [4.78, 5) is 52.0. The molecule has 39 heavy (non-hydrogen) atoms. The smallest absolute Gasteiger partial charge is 0.325 e. The van der Waals surface area contributed by atoms with E-state index in [2.05, 4.69) is 16.1 Å². The molecular formula is C30H38N4O5. The third-order valence-electron chi connectivity index (χ3n) is 7.31. The molecule has 2 aromatic carbocycles. The largest absolute Gasteiger partial charge is 0.457 e. The number of fused-ring (bicyclic) bond motifs is 12. The Hall–Kier alpha value is -3.72. The van der Waals surface area contributed by atoms with E-state index in [-0.39, 0.29) is 24.2 Å². The molecule has 4 unspecified atom stereocenters. The van der Waals surface area contributed by atoms with Crippen molar-refractivity contribution in [2.24, 2.45) is 5.92 Å². The van der Waals surface area contributed by atoms with E-state index in [9.17, 15) is 19.2 Å². The summed E-state index contributed by atoms with van der Waals surface area (Å²) in [7, 11) is 0. The van der Waals surface area contributed by atoms with Crippen LogP contribution in [0.2, 0.25) is 0 Å². The quantitative estimate of drug-likeness (QED) is 0.485. The number of carbonyl (C=O) groups is 4. The SMILES string of the molecule is CC1NC(=O)C(C(C)C)NC(=O)CCc2ccc(cc2)-c2cccc(c2)C(C)OC(=O)C2CCCN(N2)C1=O. The van der Waals surface area contributed by atoms with Crippen molar-refractivity contribution in [3.63, 3.8) is 0 Å². The summed E-state index contributed by atoms with van der Waals surface area (Å²) in [6, 6.07) is 13.6. The number of esters is 1. The molecule has 3 heterocycles. The highest BCUT2D eigenvalue weighted by atomic mass is 16.5. The van der Waals surface area contributed by atoms with Gasteiger partial charge in [0.05, 0.1) is 0 Å². The van der Waals surface area contributed by atoms with Gasteiger partial charge in [-0.1, -0.05) is 56.3 Å². The Morgan fingerprint density at radius 3 is 2.38 bits per heavy atom. The number of rotatable bonds is 1. The van der Waals surface area contributed by atoms with Crippen LogP contribution in [0.5, 0.6) is 0 Å². The lowest BCUT2D eigenvalue weighted by molar-refractivity contribution is -0.157. The number of hydrogen-bond donors (Lipinski definition) is 3. The van der Waals surface area contributed by atoms with Crippen molar-refractivity contribution in [2.45, 2.75) is 77.6 Å². The number of benzene rings is 2. The second-order valence-corrected chi connectivity index (χ2v) is 10.7. The number of amides is 3. The van der Waals surface area contributed by atoms with Gasteiger partial charge >= 0.3 is 5.97 Å². The van der Waals surface area contributed by atoms with Crippen molar-refractivity contribution in [1.82, 2.24) is 21.1 Å². The van der Waals surface area contributed by atoms with E-state index in [0.717, 1.165) is 22.3 Å². The second-order valence-electron chi connectivity index (χ2n) is 10.7. The van der Waals surface area contributed by atoms with Gasteiger partial charge in [0.25, 0.3) is 5.91 Å². The first-order valence-corrected chi connectivity index (χ1v) is 13.7. The fraction of sp³-hybridized carbons (Fsp3) is 0.467. The van der Waals surface area contributed by atoms with Crippen molar-refractivity contribution in [3.05, 3.63) is 59.7 Å². The summed E-state index contributed by atoms with van der Waals surface area (Å²) in [6.07, 6.45) is 1.43. The Balaban J connectivity index is 1.61. The molecular weight excluding hydrogens is 496 g/mol. The highest BCUT2D eigenvalue weighted by molar-refractivity contribution is 5.92. The lowest BCUT2D eigenvalue weighted by Crippen LogP contribution is -2.61. The molecule has 3 N–H and O–H groups in total. The first-order chi connectivity index (χ1) is 18.6. The summed E-state index contributed by atoms with van der Waals surface area (Å²) in [5.41, 5.74) is 6.87. The van der Waals surface area contributed by atoms with Crippen LogP contribution in [0.25, 0.3) is 11.1 Å². The molecule has 0 aliphatic carbocycles. The van der Waals surface area contributed by atoms with Crippen molar-refractivity contribution in [2.75, 3.05) is 6.54 Å². The van der Waals surface area contributed by atoms with Crippen LogP contribution in [-0.2, 0) is 30.3 Å². The van der Waals surface area contributed by atoms with Crippen LogP contribution in [0, 0.1) is 5.92 Å². The molecule has 9 heteroatoms. The fourth-order valence-electron chi connectivity index (χ4n) is 4.91. The lowest BCUT2D eigenvalue weighted by atomic mass is 9.98. The minimum atomic E-state index is -0.851. The molecule has 4 atom stereocenters. The molecule has 3 amide bonds. The molecule has 1 saturated heterocycles. The fourth-order valence-corrected chi connectivity index (χ4v) is 4.91. The van der Waals surface area contributed by atoms with Gasteiger partial charge in [-0.3, -0.25) is 24.2 Å². The summed E-state index contributed by atoms with van der Waals surface area (Å²) in [5, 5.41) is 6.95. The van der Waals surface area contributed by atoms with Crippen LogP contribution in [0.1, 0.15) is 64.2 Å². The summed E-state index contributed by atoms with van der Waals surface area (Å²) < 4.78 is 5.80. The number of hydrazine groups is 1. The molecule has 0 saturated carbocycles. The van der Waals surface area contributed by atoms with Gasteiger partial charge < -0.3 is 15.4 Å². The number of nitrogens with one attached hydrogen (secondary N) is 3. The van der Waals surface area contributed by atoms with Crippen LogP contribution in [0.15, 0.2) is 48.5 Å². The molecule has 0 aromatic heterocycles. The van der Waals surface area contributed by atoms with Gasteiger partial charge in [-0.25, -0.2) is 5.43 Å². The zero-order valence-electron chi connectivity index (χ0n) is 23.0. The maximum Gasteiger partial charge on any atom is 0.325 e. The molecule has 208 valence electrons. The predicted octanol–water partition coefficient (Wildman–Crippen LogP) is 3.05. The molecule has 6 bridgehead atoms. The highest BCUT2D eigenvalue weighted by Crippen LogP contribution is 2.26. The average Bonchev–Trinajstić information content (AvgIpc) is 2.94. The number of aryl methyl sites for hydroxylation is 1. The Bertz CT molecular complexity index is 1210. The Morgan fingerprint density at radius 1 is 0.923 bits per heavy atom. The second kappa shape index (κ2) is 12.4. The molecule has 0 radical (unpaired) electrons. The van der Waals surface area contributed by atoms with Crippen molar-refractivity contribution < 1.29 is 23.9 Å². The van der Waals surface area contributed by atoms with E-state index in [4.69, 9.17) is 4.74 Å². The first-order valence-electron chi connectivity index (χ1n) is 13.7. The molecule has 3 aliphatic heterocycles. The van der Waals surface area contributed by atoms with Crippen molar-refractivity contribution in [1.29, 1.82) is 0 Å². The van der Waals surface area contributed by atoms with Gasteiger partial charge in [0.15, 0.2) is 0 Å². The maximum absolute atomic E-state index is 13.1. The topological polar surface area (TPSA) is 117 Å². The molecule has 9 nitrogen and oxygen atoms in total. The first kappa shape index (κ1) is 28.3. The molecule has 2 aromatic rings. The molecule has 0 spiro atoms. The number of carbonyl (C=O) groups excluding carboxylic acids is 4. The third-order valence-corrected chi connectivity index (χ3v) is 7.31. The zero-order chi connectivity index (χ0) is 28.1. The van der Waals surface area contributed by atoms with Gasteiger partial charge in [0.1, 0.15) is 24.2 Å². The summed E-state index contributed by atoms with van der Waals surface area (Å²) in [6.45, 7) is 7.53. The minimum Gasteiger partial charge on any atom is -0.457 e. The third kappa shape index (κ3) is 7.03. The van der Waals surface area contributed by atoms with Crippen LogP contribution >= 0.6 is 0 Å². The summed E-state index contributed by atoms with van der Waals surface area (Å²) in [5.74, 6) is -1.62. The average molecular weight is 535 g/mol. The number of hydrogen-bond acceptors (Lipinski definition) is 6. The van der Waals surface area contributed by atoms with E-state index >= 15 is 0 Å². The van der Waals surface area contributed by atoms with E-state index in [1.807, 2.05) is 69.3 Å². The Morgan fingerprint density at radius 2 is 1.67 bits per heavy atom. The predicted molar refractivity (Wildman–Crippen MR) is 147 cm³/mol. The van der Waals surface area contributed by atoms with E-state index in [1.165, 1.54) is 5.01 Å². The number of ether oxygens (including phenoxy) is 1. The van der Waals surface area contributed by atoms with Gasteiger partial charge in [-0.15, -0.1) is 0 Å². The van der Waals surface area contributed by atoms with Crippen LogP contribution in [0.4, 0.5) is 0 Å². The van der Waals surface area contributed by atoms with Crippen molar-refractivity contribution in [3.8, 4) is 11.1 Å². The Kier molecular flexibility index (Phi) is 9.01. The molecule has 1 fully saturated rings. The summed E-state index contributed by atoms with van der Waals surface area (Å²) >= 11 is 0. The van der Waals surface area contributed by atoms with Gasteiger partial charge in [0, 0.05) is 13.0 Å². The van der Waals surface area contributed by atoms with Crippen molar-refractivity contribution >= 4 is 23.7 Å². The minimum absolute atomic E-state index is 0.175.